The fourth-order valence-electron chi connectivity index (χ4n) is 1.71. The lowest BCUT2D eigenvalue weighted by Gasteiger charge is -2.16. The van der Waals surface area contributed by atoms with Gasteiger partial charge < -0.3 is 21.5 Å². The van der Waals surface area contributed by atoms with Crippen LogP contribution in [0.1, 0.15) is 30.8 Å². The highest BCUT2D eigenvalue weighted by Gasteiger charge is 2.21. The molecule has 1 atom stereocenters. The molecule has 0 saturated carbocycles. The molecule has 0 radical (unpaired) electrons. The van der Waals surface area contributed by atoms with Gasteiger partial charge in [-0.05, 0) is 12.3 Å². The van der Waals surface area contributed by atoms with E-state index in [0.717, 1.165) is 0 Å². The van der Waals surface area contributed by atoms with Crippen molar-refractivity contribution >= 4 is 23.6 Å². The minimum Gasteiger partial charge on any atom is -0.480 e. The molecule has 0 spiro atoms. The first-order chi connectivity index (χ1) is 10.3. The van der Waals surface area contributed by atoms with E-state index in [-0.39, 0.29) is 24.0 Å². The summed E-state index contributed by atoms with van der Waals surface area (Å²) in [5, 5.41) is 13.7. The number of carbonyl (C=O) groups is 3. The molecular weight excluding hydrogens is 290 g/mol. The van der Waals surface area contributed by atoms with Gasteiger partial charge in [-0.3, -0.25) is 9.59 Å². The molecule has 0 aliphatic carbocycles. The van der Waals surface area contributed by atoms with Crippen LogP contribution in [0.25, 0.3) is 0 Å². The maximum atomic E-state index is 11.8. The van der Waals surface area contributed by atoms with Gasteiger partial charge in [0.2, 0.25) is 5.91 Å². The highest BCUT2D eigenvalue weighted by molar-refractivity contribution is 5.98. The number of rotatable bonds is 7. The summed E-state index contributed by atoms with van der Waals surface area (Å²) in [6.45, 7) is 3.32. The molecule has 0 aliphatic heterocycles. The average molecular weight is 309 g/mol. The van der Waals surface area contributed by atoms with Crippen LogP contribution >= 0.6 is 0 Å². The van der Waals surface area contributed by atoms with Crippen molar-refractivity contribution in [3.05, 3.63) is 18.1 Å². The van der Waals surface area contributed by atoms with Crippen LogP contribution in [-0.2, 0) is 9.59 Å². The van der Waals surface area contributed by atoms with Crippen LogP contribution < -0.4 is 16.4 Å². The van der Waals surface area contributed by atoms with Crippen molar-refractivity contribution < 1.29 is 19.5 Å². The first-order valence-corrected chi connectivity index (χ1v) is 6.68. The Morgan fingerprint density at radius 1 is 1.27 bits per heavy atom. The summed E-state index contributed by atoms with van der Waals surface area (Å²) in [6, 6.07) is -0.994. The Hall–Kier alpha value is -2.71. The lowest BCUT2D eigenvalue weighted by Crippen LogP contribution is -2.46. The molecule has 0 aliphatic rings. The van der Waals surface area contributed by atoms with Gasteiger partial charge >= 0.3 is 5.97 Å². The summed E-state index contributed by atoms with van der Waals surface area (Å²) in [4.78, 5) is 42.0. The van der Waals surface area contributed by atoms with Crippen LogP contribution in [0.5, 0.6) is 0 Å². The Balaban J connectivity index is 2.53. The monoisotopic (exact) mass is 309 g/mol. The zero-order chi connectivity index (χ0) is 16.7. The molecule has 0 bridgehead atoms. The molecule has 2 amide bonds. The zero-order valence-corrected chi connectivity index (χ0v) is 12.4. The number of carboxylic acids is 1. The number of nitrogens with two attached hydrogens (primary N) is 1. The summed E-state index contributed by atoms with van der Waals surface area (Å²) >= 11 is 0. The van der Waals surface area contributed by atoms with Gasteiger partial charge in [0.25, 0.3) is 5.91 Å². The van der Waals surface area contributed by atoms with Gasteiger partial charge in [-0.15, -0.1) is 0 Å². The molecule has 9 heteroatoms. The molecule has 1 aromatic rings. The van der Waals surface area contributed by atoms with Gasteiger partial charge in [-0.2, -0.15) is 0 Å². The SMILES string of the molecule is CC(C)C[C@H](NC(=O)CNC(=O)c1nccnc1N)C(=O)O. The molecule has 1 heterocycles. The Kier molecular flexibility index (Phi) is 6.24. The van der Waals surface area contributed by atoms with E-state index >= 15 is 0 Å². The second-order valence-electron chi connectivity index (χ2n) is 5.06. The molecule has 0 unspecified atom stereocenters. The third kappa shape index (κ3) is 5.35. The van der Waals surface area contributed by atoms with E-state index in [1.807, 2.05) is 13.8 Å². The number of amides is 2. The Labute approximate surface area is 127 Å². The third-order valence-corrected chi connectivity index (χ3v) is 2.69. The number of nitrogen functional groups attached to an aromatic ring is 1. The summed E-state index contributed by atoms with van der Waals surface area (Å²) in [5.41, 5.74) is 5.40. The summed E-state index contributed by atoms with van der Waals surface area (Å²) < 4.78 is 0. The Morgan fingerprint density at radius 3 is 2.45 bits per heavy atom. The number of anilines is 1. The van der Waals surface area contributed by atoms with Crippen LogP contribution in [0.4, 0.5) is 5.82 Å². The number of hydrogen-bond acceptors (Lipinski definition) is 6. The van der Waals surface area contributed by atoms with E-state index in [9.17, 15) is 14.4 Å². The van der Waals surface area contributed by atoms with Crippen LogP contribution in [0.2, 0.25) is 0 Å². The Morgan fingerprint density at radius 2 is 1.91 bits per heavy atom. The highest BCUT2D eigenvalue weighted by atomic mass is 16.4. The van der Waals surface area contributed by atoms with E-state index in [1.54, 1.807) is 0 Å². The molecular formula is C13H19N5O4. The zero-order valence-electron chi connectivity index (χ0n) is 12.4. The van der Waals surface area contributed by atoms with E-state index in [4.69, 9.17) is 10.8 Å². The molecule has 0 saturated heterocycles. The first-order valence-electron chi connectivity index (χ1n) is 6.68. The van der Waals surface area contributed by atoms with Gasteiger partial charge in [-0.1, -0.05) is 13.8 Å². The fourth-order valence-corrected chi connectivity index (χ4v) is 1.71. The van der Waals surface area contributed by atoms with Crippen molar-refractivity contribution in [1.29, 1.82) is 0 Å². The van der Waals surface area contributed by atoms with E-state index in [0.29, 0.717) is 6.42 Å². The standard InChI is InChI=1S/C13H19N5O4/c1-7(2)5-8(13(21)22)18-9(19)6-17-12(20)10-11(14)16-4-3-15-10/h3-4,7-8H,5-6H2,1-2H3,(H2,14,16)(H,17,20)(H,18,19)(H,21,22)/t8-/m0/s1. The smallest absolute Gasteiger partial charge is 0.326 e. The number of aliphatic carboxylic acids is 1. The Bertz CT molecular complexity index is 561. The number of aromatic nitrogens is 2. The van der Waals surface area contributed by atoms with Crippen molar-refractivity contribution in [2.45, 2.75) is 26.3 Å². The summed E-state index contributed by atoms with van der Waals surface area (Å²) in [5.74, 6) is -2.33. The maximum absolute atomic E-state index is 11.8. The fraction of sp³-hybridized carbons (Fsp3) is 0.462. The van der Waals surface area contributed by atoms with Crippen LogP contribution in [0, 0.1) is 5.92 Å². The quantitative estimate of drug-likeness (QED) is 0.526. The van der Waals surface area contributed by atoms with Crippen LogP contribution in [0.3, 0.4) is 0 Å². The van der Waals surface area contributed by atoms with Gasteiger partial charge in [0.05, 0.1) is 6.54 Å². The van der Waals surface area contributed by atoms with E-state index in [1.165, 1.54) is 12.4 Å². The van der Waals surface area contributed by atoms with Crippen molar-refractivity contribution in [2.24, 2.45) is 5.92 Å². The van der Waals surface area contributed by atoms with Gasteiger partial charge in [0.15, 0.2) is 11.5 Å². The third-order valence-electron chi connectivity index (χ3n) is 2.69. The van der Waals surface area contributed by atoms with E-state index in [2.05, 4.69) is 20.6 Å². The molecule has 0 aromatic carbocycles. The molecule has 5 N–H and O–H groups in total. The molecule has 120 valence electrons. The predicted molar refractivity (Wildman–Crippen MR) is 77.8 cm³/mol. The predicted octanol–water partition coefficient (Wildman–Crippen LogP) is -0.596. The number of carboxylic acid groups (broad SMARTS) is 1. The summed E-state index contributed by atoms with van der Waals surface area (Å²) in [6.07, 6.45) is 2.93. The van der Waals surface area contributed by atoms with Gasteiger partial charge in [-0.25, -0.2) is 14.8 Å². The molecule has 1 aromatic heterocycles. The number of hydrogen-bond donors (Lipinski definition) is 4. The normalized spacial score (nSPS) is 11.8. The van der Waals surface area contributed by atoms with Crippen molar-refractivity contribution in [2.75, 3.05) is 12.3 Å². The van der Waals surface area contributed by atoms with E-state index < -0.39 is 23.8 Å². The molecule has 22 heavy (non-hydrogen) atoms. The highest BCUT2D eigenvalue weighted by Crippen LogP contribution is 2.05. The number of nitrogens with zero attached hydrogens (tertiary/aromatic N) is 2. The largest absolute Gasteiger partial charge is 0.480 e. The van der Waals surface area contributed by atoms with Crippen LogP contribution in [0.15, 0.2) is 12.4 Å². The van der Waals surface area contributed by atoms with Crippen molar-refractivity contribution in [3.8, 4) is 0 Å². The molecule has 0 fully saturated rings. The maximum Gasteiger partial charge on any atom is 0.326 e. The number of carbonyl (C=O) groups excluding carboxylic acids is 2. The minimum absolute atomic E-state index is 0.0522. The lowest BCUT2D eigenvalue weighted by molar-refractivity contribution is -0.142. The minimum atomic E-state index is -1.12. The molecule has 9 nitrogen and oxygen atoms in total. The number of nitrogens with one attached hydrogen (secondary N) is 2. The van der Waals surface area contributed by atoms with Crippen molar-refractivity contribution in [1.82, 2.24) is 20.6 Å². The van der Waals surface area contributed by atoms with Crippen molar-refractivity contribution in [3.63, 3.8) is 0 Å². The second-order valence-corrected chi connectivity index (χ2v) is 5.06. The summed E-state index contributed by atoms with van der Waals surface area (Å²) in [7, 11) is 0. The van der Waals surface area contributed by atoms with Gasteiger partial charge in [0, 0.05) is 12.4 Å². The topological polar surface area (TPSA) is 147 Å². The van der Waals surface area contributed by atoms with Gasteiger partial charge in [0.1, 0.15) is 6.04 Å². The first kappa shape index (κ1) is 17.3. The van der Waals surface area contributed by atoms with Crippen LogP contribution in [-0.4, -0.2) is 45.4 Å². The molecule has 1 rings (SSSR count). The lowest BCUT2D eigenvalue weighted by atomic mass is 10.0. The second kappa shape index (κ2) is 7.91. The average Bonchev–Trinajstić information content (AvgIpc) is 2.44.